The van der Waals surface area contributed by atoms with E-state index in [4.69, 9.17) is 0 Å². The average Bonchev–Trinajstić information content (AvgIpc) is 3.52. The van der Waals surface area contributed by atoms with E-state index in [0.29, 0.717) is 11.3 Å². The predicted octanol–water partition coefficient (Wildman–Crippen LogP) is 3.92. The molecule has 2 aromatic rings. The molecule has 0 radical (unpaired) electrons. The van der Waals surface area contributed by atoms with E-state index in [1.165, 1.54) is 18.9 Å². The van der Waals surface area contributed by atoms with Crippen LogP contribution in [0.1, 0.15) is 48.5 Å². The number of nitrogens with one attached hydrogen (secondary N) is 2. The SMILES string of the molecule is Cc1ccc(S(=O)(=O)NC2CC2)cc1C(=O)Nc1ccc(N2CCC(C)CC2)cc1. The number of aryl methyl sites for hydroxylation is 1. The van der Waals surface area contributed by atoms with Crippen molar-refractivity contribution in [2.24, 2.45) is 5.92 Å². The lowest BCUT2D eigenvalue weighted by atomic mass is 9.99. The maximum Gasteiger partial charge on any atom is 0.255 e. The summed E-state index contributed by atoms with van der Waals surface area (Å²) in [7, 11) is -3.60. The minimum atomic E-state index is -3.60. The molecule has 1 aliphatic carbocycles. The van der Waals surface area contributed by atoms with Crippen molar-refractivity contribution in [2.75, 3.05) is 23.3 Å². The second-order valence-electron chi connectivity index (χ2n) is 8.54. The Morgan fingerprint density at radius 1 is 1.00 bits per heavy atom. The Kier molecular flexibility index (Phi) is 5.84. The lowest BCUT2D eigenvalue weighted by Gasteiger charge is -2.32. The maximum atomic E-state index is 12.8. The number of carbonyl (C=O) groups excluding carboxylic acids is 1. The fourth-order valence-corrected chi connectivity index (χ4v) is 5.05. The van der Waals surface area contributed by atoms with Crippen LogP contribution in [0.25, 0.3) is 0 Å². The van der Waals surface area contributed by atoms with Crippen LogP contribution in [0.3, 0.4) is 0 Å². The normalized spacial score (nSPS) is 17.7. The molecule has 0 atom stereocenters. The molecule has 1 heterocycles. The van der Waals surface area contributed by atoms with Gasteiger partial charge in [0.1, 0.15) is 0 Å². The van der Waals surface area contributed by atoms with Gasteiger partial charge in [0.05, 0.1) is 4.90 Å². The van der Waals surface area contributed by atoms with E-state index in [9.17, 15) is 13.2 Å². The largest absolute Gasteiger partial charge is 0.372 e. The predicted molar refractivity (Wildman–Crippen MR) is 120 cm³/mol. The molecule has 2 fully saturated rings. The second-order valence-corrected chi connectivity index (χ2v) is 10.3. The third-order valence-corrected chi connectivity index (χ3v) is 7.46. The van der Waals surface area contributed by atoms with Gasteiger partial charge in [0.2, 0.25) is 10.0 Å². The Morgan fingerprint density at radius 2 is 1.67 bits per heavy atom. The van der Waals surface area contributed by atoms with Gasteiger partial charge in [-0.2, -0.15) is 0 Å². The zero-order valence-corrected chi connectivity index (χ0v) is 18.3. The Labute approximate surface area is 178 Å². The third kappa shape index (κ3) is 4.84. The van der Waals surface area contributed by atoms with Gasteiger partial charge >= 0.3 is 0 Å². The van der Waals surface area contributed by atoms with Crippen LogP contribution in [-0.2, 0) is 10.0 Å². The Bertz CT molecular complexity index is 1020. The summed E-state index contributed by atoms with van der Waals surface area (Å²) in [4.78, 5) is 15.3. The number of nitrogens with zero attached hydrogens (tertiary/aromatic N) is 1. The van der Waals surface area contributed by atoms with E-state index in [2.05, 4.69) is 21.9 Å². The molecule has 30 heavy (non-hydrogen) atoms. The van der Waals surface area contributed by atoms with E-state index >= 15 is 0 Å². The minimum Gasteiger partial charge on any atom is -0.372 e. The number of piperidine rings is 1. The van der Waals surface area contributed by atoms with Crippen LogP contribution >= 0.6 is 0 Å². The molecule has 160 valence electrons. The van der Waals surface area contributed by atoms with Gasteiger partial charge in [-0.1, -0.05) is 13.0 Å². The summed E-state index contributed by atoms with van der Waals surface area (Å²) in [6.07, 6.45) is 4.13. The molecular weight excluding hydrogens is 398 g/mol. The molecule has 1 aliphatic heterocycles. The smallest absolute Gasteiger partial charge is 0.255 e. The molecular formula is C23H29N3O3S. The summed E-state index contributed by atoms with van der Waals surface area (Å²) in [5.41, 5.74) is 2.95. The number of carbonyl (C=O) groups is 1. The Morgan fingerprint density at radius 3 is 2.30 bits per heavy atom. The van der Waals surface area contributed by atoms with Gasteiger partial charge in [-0.25, -0.2) is 13.1 Å². The molecule has 0 unspecified atom stereocenters. The second kappa shape index (κ2) is 8.40. The van der Waals surface area contributed by atoms with Gasteiger partial charge in [-0.05, 0) is 80.5 Å². The number of rotatable bonds is 6. The van der Waals surface area contributed by atoms with Crippen LogP contribution in [0, 0.1) is 12.8 Å². The highest BCUT2D eigenvalue weighted by Gasteiger charge is 2.28. The fraction of sp³-hybridized carbons (Fsp3) is 0.435. The van der Waals surface area contributed by atoms with Crippen molar-refractivity contribution >= 4 is 27.3 Å². The van der Waals surface area contributed by atoms with Crippen molar-refractivity contribution in [1.29, 1.82) is 0 Å². The highest BCUT2D eigenvalue weighted by Crippen LogP contribution is 2.26. The van der Waals surface area contributed by atoms with Crippen molar-refractivity contribution in [3.63, 3.8) is 0 Å². The summed E-state index contributed by atoms with van der Waals surface area (Å²) in [6.45, 7) is 6.21. The van der Waals surface area contributed by atoms with E-state index in [-0.39, 0.29) is 16.8 Å². The molecule has 4 rings (SSSR count). The molecule has 7 heteroatoms. The van der Waals surface area contributed by atoms with Crippen molar-refractivity contribution in [2.45, 2.75) is 50.5 Å². The summed E-state index contributed by atoms with van der Waals surface area (Å²) in [5, 5.41) is 2.90. The fourth-order valence-electron chi connectivity index (χ4n) is 3.72. The number of benzene rings is 2. The summed E-state index contributed by atoms with van der Waals surface area (Å²) in [6, 6.07) is 12.6. The first kappa shape index (κ1) is 20.9. The molecule has 2 aliphatic rings. The minimum absolute atomic E-state index is 0.0233. The topological polar surface area (TPSA) is 78.5 Å². The van der Waals surface area contributed by atoms with E-state index in [1.807, 2.05) is 24.3 Å². The highest BCUT2D eigenvalue weighted by atomic mass is 32.2. The molecule has 0 aromatic heterocycles. The monoisotopic (exact) mass is 427 g/mol. The van der Waals surface area contributed by atoms with E-state index < -0.39 is 10.0 Å². The quantitative estimate of drug-likeness (QED) is 0.732. The van der Waals surface area contributed by atoms with Gasteiger partial charge in [-0.15, -0.1) is 0 Å². The number of sulfonamides is 1. The first-order chi connectivity index (χ1) is 14.3. The summed E-state index contributed by atoms with van der Waals surface area (Å²) in [5.74, 6) is 0.470. The lowest BCUT2D eigenvalue weighted by molar-refractivity contribution is 0.102. The van der Waals surface area contributed by atoms with Crippen LogP contribution in [0.5, 0.6) is 0 Å². The molecule has 0 bridgehead atoms. The van der Waals surface area contributed by atoms with Crippen molar-refractivity contribution in [3.8, 4) is 0 Å². The van der Waals surface area contributed by atoms with Crippen LogP contribution < -0.4 is 14.9 Å². The van der Waals surface area contributed by atoms with Crippen molar-refractivity contribution in [1.82, 2.24) is 4.72 Å². The zero-order chi connectivity index (χ0) is 21.3. The van der Waals surface area contributed by atoms with Crippen LogP contribution in [0.4, 0.5) is 11.4 Å². The average molecular weight is 428 g/mol. The Hall–Kier alpha value is -2.38. The molecule has 6 nitrogen and oxygen atoms in total. The first-order valence-electron chi connectivity index (χ1n) is 10.6. The third-order valence-electron chi connectivity index (χ3n) is 5.94. The van der Waals surface area contributed by atoms with Gasteiger partial charge in [-0.3, -0.25) is 4.79 Å². The molecule has 1 saturated heterocycles. The summed E-state index contributed by atoms with van der Waals surface area (Å²) < 4.78 is 27.6. The van der Waals surface area contributed by atoms with Crippen LogP contribution in [0.2, 0.25) is 0 Å². The molecule has 2 N–H and O–H groups in total. The Balaban J connectivity index is 1.46. The van der Waals surface area contributed by atoms with Gasteiger partial charge in [0.15, 0.2) is 0 Å². The van der Waals surface area contributed by atoms with E-state index in [0.717, 1.165) is 43.1 Å². The standard InChI is InChI=1S/C23H29N3O3S/c1-16-11-13-26(14-12-16)20-8-6-18(7-9-20)24-23(27)22-15-21(10-3-17(22)2)30(28,29)25-19-4-5-19/h3,6-10,15-16,19,25H,4-5,11-14H2,1-2H3,(H,24,27). The number of hydrogen-bond acceptors (Lipinski definition) is 4. The summed E-state index contributed by atoms with van der Waals surface area (Å²) >= 11 is 0. The van der Waals surface area contributed by atoms with Gasteiger partial charge in [0, 0.05) is 36.1 Å². The number of anilines is 2. The molecule has 1 amide bonds. The first-order valence-corrected chi connectivity index (χ1v) is 12.1. The maximum absolute atomic E-state index is 12.8. The highest BCUT2D eigenvalue weighted by molar-refractivity contribution is 7.89. The van der Waals surface area contributed by atoms with Crippen LogP contribution in [0.15, 0.2) is 47.4 Å². The van der Waals surface area contributed by atoms with Crippen LogP contribution in [-0.4, -0.2) is 33.5 Å². The molecule has 1 saturated carbocycles. The zero-order valence-electron chi connectivity index (χ0n) is 17.5. The van der Waals surface area contributed by atoms with Gasteiger partial charge < -0.3 is 10.2 Å². The van der Waals surface area contributed by atoms with Crippen molar-refractivity contribution < 1.29 is 13.2 Å². The van der Waals surface area contributed by atoms with Crippen molar-refractivity contribution in [3.05, 3.63) is 53.6 Å². The van der Waals surface area contributed by atoms with E-state index in [1.54, 1.807) is 19.1 Å². The molecule has 2 aromatic carbocycles. The molecule has 0 spiro atoms. The van der Waals surface area contributed by atoms with Gasteiger partial charge in [0.25, 0.3) is 5.91 Å². The number of amides is 1. The lowest BCUT2D eigenvalue weighted by Crippen LogP contribution is -2.32. The number of hydrogen-bond donors (Lipinski definition) is 2.